The molecule has 304 valence electrons. The highest BCUT2D eigenvalue weighted by Gasteiger charge is 2.63. The van der Waals surface area contributed by atoms with Crippen molar-refractivity contribution in [3.05, 3.63) is 42.6 Å². The maximum absolute atomic E-state index is 14.8. The third-order valence-corrected chi connectivity index (χ3v) is 14.6. The lowest BCUT2D eigenvalue weighted by Crippen LogP contribution is -2.59. The number of carbonyl (C=O) groups is 4. The minimum Gasteiger partial charge on any atom is -0.494 e. The van der Waals surface area contributed by atoms with E-state index in [1.165, 1.54) is 4.90 Å². The van der Waals surface area contributed by atoms with Gasteiger partial charge in [-0.2, -0.15) is 0 Å². The molecule has 1 saturated heterocycles. The molecule has 7 rings (SSSR count). The molecule has 3 saturated carbocycles. The second-order valence-corrected chi connectivity index (χ2v) is 19.6. The summed E-state index contributed by atoms with van der Waals surface area (Å²) in [6.45, 7) is 10.3. The predicted octanol–water partition coefficient (Wildman–Crippen LogP) is 4.76. The van der Waals surface area contributed by atoms with Crippen molar-refractivity contribution in [3.8, 4) is 11.6 Å². The Labute approximate surface area is 328 Å². The predicted molar refractivity (Wildman–Crippen MR) is 208 cm³/mol. The molecule has 0 bridgehead atoms. The van der Waals surface area contributed by atoms with E-state index in [-0.39, 0.29) is 43.2 Å². The van der Waals surface area contributed by atoms with Crippen LogP contribution in [-0.2, 0) is 29.1 Å². The summed E-state index contributed by atoms with van der Waals surface area (Å²) in [4.78, 5) is 62.5. The molecule has 7 atom stereocenters. The van der Waals surface area contributed by atoms with Gasteiger partial charge in [0.25, 0.3) is 5.91 Å². The number of amides is 4. The zero-order chi connectivity index (χ0) is 40.0. The number of pyridine rings is 1. The van der Waals surface area contributed by atoms with E-state index in [1.807, 2.05) is 57.2 Å². The van der Waals surface area contributed by atoms with Crippen molar-refractivity contribution in [2.75, 3.05) is 19.8 Å². The number of aromatic nitrogens is 1. The molecule has 2 aromatic rings. The number of rotatable bonds is 10. The van der Waals surface area contributed by atoms with E-state index in [2.05, 4.69) is 27.3 Å². The van der Waals surface area contributed by atoms with E-state index >= 15 is 0 Å². The van der Waals surface area contributed by atoms with Crippen molar-refractivity contribution < 1.29 is 41.8 Å². The van der Waals surface area contributed by atoms with Gasteiger partial charge in [0.05, 0.1) is 24.5 Å². The van der Waals surface area contributed by atoms with Crippen LogP contribution in [0.4, 0.5) is 4.79 Å². The van der Waals surface area contributed by atoms with Crippen LogP contribution in [0, 0.1) is 23.2 Å². The number of alkyl carbamates (subject to hydrolysis) is 1. The average Bonchev–Trinajstić information content (AvgIpc) is 4.11. The van der Waals surface area contributed by atoms with Gasteiger partial charge in [-0.3, -0.25) is 19.1 Å². The second kappa shape index (κ2) is 15.2. The van der Waals surface area contributed by atoms with Crippen LogP contribution < -0.4 is 24.8 Å². The SMILES string of the molecule is CCOc1ccc2c(O[C@@H]3C[C@H]4C(=O)N[C@]5(C(=O)NS(=O)(=O)C6(C)CC6)CC5/C=C\CC[C@H](C)C[C@@H](C)[C@H](NC(=O)OCC5(C)CC5)C(=O)N4C3)nccc2c1. The summed E-state index contributed by atoms with van der Waals surface area (Å²) < 4.78 is 45.4. The number of allylic oxidation sites excluding steroid dienone is 1. The highest BCUT2D eigenvalue weighted by Crippen LogP contribution is 2.48. The Morgan fingerprint density at radius 1 is 1.07 bits per heavy atom. The lowest BCUT2D eigenvalue weighted by molar-refractivity contribution is -0.142. The molecule has 3 heterocycles. The molecule has 0 spiro atoms. The summed E-state index contributed by atoms with van der Waals surface area (Å²) >= 11 is 0. The van der Waals surface area contributed by atoms with Gasteiger partial charge in [-0.15, -0.1) is 0 Å². The van der Waals surface area contributed by atoms with Crippen LogP contribution in [0.5, 0.6) is 11.6 Å². The first-order chi connectivity index (χ1) is 26.6. The highest BCUT2D eigenvalue weighted by molar-refractivity contribution is 7.91. The number of carbonyl (C=O) groups excluding carboxylic acids is 4. The topological polar surface area (TPSA) is 182 Å². The minimum atomic E-state index is -3.99. The zero-order valence-electron chi connectivity index (χ0n) is 33.0. The van der Waals surface area contributed by atoms with E-state index in [0.717, 1.165) is 30.0 Å². The lowest BCUT2D eigenvalue weighted by Gasteiger charge is -2.32. The molecule has 3 N–H and O–H groups in total. The van der Waals surface area contributed by atoms with E-state index in [0.29, 0.717) is 43.9 Å². The molecule has 4 fully saturated rings. The van der Waals surface area contributed by atoms with Gasteiger partial charge in [-0.25, -0.2) is 18.2 Å². The van der Waals surface area contributed by atoms with Crippen molar-refractivity contribution in [1.29, 1.82) is 0 Å². The molecular weight excluding hydrogens is 739 g/mol. The van der Waals surface area contributed by atoms with Crippen LogP contribution in [-0.4, -0.2) is 90.3 Å². The molecule has 15 heteroatoms. The number of ether oxygens (including phenoxy) is 3. The molecule has 1 aromatic carbocycles. The number of sulfonamides is 1. The zero-order valence-corrected chi connectivity index (χ0v) is 33.8. The number of nitrogens with zero attached hydrogens (tertiary/aromatic N) is 2. The summed E-state index contributed by atoms with van der Waals surface area (Å²) in [5.41, 5.74) is -1.58. The Morgan fingerprint density at radius 3 is 2.55 bits per heavy atom. The first-order valence-electron chi connectivity index (χ1n) is 20.0. The maximum Gasteiger partial charge on any atom is 0.407 e. The van der Waals surface area contributed by atoms with Crippen molar-refractivity contribution in [3.63, 3.8) is 0 Å². The fourth-order valence-electron chi connectivity index (χ4n) is 8.00. The fourth-order valence-corrected chi connectivity index (χ4v) is 9.31. The lowest BCUT2D eigenvalue weighted by atomic mass is 9.88. The largest absolute Gasteiger partial charge is 0.494 e. The van der Waals surface area contributed by atoms with Crippen molar-refractivity contribution >= 4 is 44.6 Å². The van der Waals surface area contributed by atoms with Crippen LogP contribution in [0.25, 0.3) is 10.8 Å². The fraction of sp³-hybridized carbons (Fsp3) is 0.634. The molecule has 0 radical (unpaired) electrons. The van der Waals surface area contributed by atoms with Gasteiger partial charge in [0.2, 0.25) is 27.7 Å². The van der Waals surface area contributed by atoms with Crippen LogP contribution >= 0.6 is 0 Å². The molecule has 3 aliphatic carbocycles. The first-order valence-corrected chi connectivity index (χ1v) is 21.5. The van der Waals surface area contributed by atoms with Gasteiger partial charge in [-0.1, -0.05) is 32.9 Å². The summed E-state index contributed by atoms with van der Waals surface area (Å²) in [5.74, 6) is -1.45. The Hall–Kier alpha value is -4.40. The van der Waals surface area contributed by atoms with Gasteiger partial charge < -0.3 is 29.7 Å². The second-order valence-electron chi connectivity index (χ2n) is 17.4. The number of nitrogens with one attached hydrogen (secondary N) is 3. The third-order valence-electron chi connectivity index (χ3n) is 12.5. The molecule has 4 amide bonds. The van der Waals surface area contributed by atoms with Crippen LogP contribution in [0.2, 0.25) is 0 Å². The quantitative estimate of drug-likeness (QED) is 0.284. The van der Waals surface area contributed by atoms with Crippen LogP contribution in [0.15, 0.2) is 42.6 Å². The van der Waals surface area contributed by atoms with E-state index < -0.39 is 68.2 Å². The normalized spacial score (nSPS) is 31.3. The Kier molecular flexibility index (Phi) is 10.8. The molecule has 14 nitrogen and oxygen atoms in total. The molecule has 2 aliphatic heterocycles. The Morgan fingerprint density at radius 2 is 1.84 bits per heavy atom. The Bertz CT molecular complexity index is 2010. The smallest absolute Gasteiger partial charge is 0.407 e. The van der Waals surface area contributed by atoms with Crippen molar-refractivity contribution in [2.45, 2.75) is 121 Å². The molecule has 1 unspecified atom stereocenters. The molecule has 5 aliphatic rings. The van der Waals surface area contributed by atoms with E-state index in [4.69, 9.17) is 14.2 Å². The minimum absolute atomic E-state index is 0.00511. The van der Waals surface area contributed by atoms with Gasteiger partial charge in [0.15, 0.2) is 0 Å². The van der Waals surface area contributed by atoms with E-state index in [9.17, 15) is 27.6 Å². The summed E-state index contributed by atoms with van der Waals surface area (Å²) in [6, 6.07) is 5.28. The van der Waals surface area contributed by atoms with Gasteiger partial charge in [0, 0.05) is 29.3 Å². The standard InChI is InChI=1S/C41H55N5O9S/c1-6-53-29-11-12-31-27(20-29)13-18-42-35(31)55-30-21-32-34(47)44-41(37(49)45-56(51,52)40(5)16-17-40)22-28(41)10-8-7-9-25(2)19-26(3)33(36(48)46(32)23-30)43-38(50)54-24-39(4)14-15-39/h8,10-13,18,20,25-26,28,30,32-33H,6-7,9,14-17,19,21-24H2,1-5H3,(H,43,50)(H,44,47)(H,45,49)/b10-8-/t25-,26+,28?,30+,32-,33-,41+/m0/s1. The number of fused-ring (bicyclic) bond motifs is 3. The highest BCUT2D eigenvalue weighted by atomic mass is 32.2. The first kappa shape index (κ1) is 39.8. The molecule has 56 heavy (non-hydrogen) atoms. The number of hydrogen-bond donors (Lipinski definition) is 3. The summed E-state index contributed by atoms with van der Waals surface area (Å²) in [6.07, 6.45) is 9.23. The summed E-state index contributed by atoms with van der Waals surface area (Å²) in [7, 11) is -3.99. The van der Waals surface area contributed by atoms with Crippen molar-refractivity contribution in [1.82, 2.24) is 25.2 Å². The van der Waals surface area contributed by atoms with Gasteiger partial charge in [-0.05, 0) is 107 Å². The van der Waals surface area contributed by atoms with Gasteiger partial charge >= 0.3 is 6.09 Å². The maximum atomic E-state index is 14.8. The number of benzene rings is 1. The van der Waals surface area contributed by atoms with Crippen molar-refractivity contribution in [2.24, 2.45) is 23.2 Å². The average molecular weight is 794 g/mol. The Balaban J connectivity index is 1.20. The summed E-state index contributed by atoms with van der Waals surface area (Å²) in [5, 5.41) is 7.33. The molecular formula is C41H55N5O9S. The monoisotopic (exact) mass is 793 g/mol. The molecule has 1 aromatic heterocycles. The van der Waals surface area contributed by atoms with Gasteiger partial charge in [0.1, 0.15) is 29.5 Å². The number of hydrogen-bond acceptors (Lipinski definition) is 10. The van der Waals surface area contributed by atoms with Crippen LogP contribution in [0.3, 0.4) is 0 Å². The van der Waals surface area contributed by atoms with E-state index in [1.54, 1.807) is 13.1 Å². The van der Waals surface area contributed by atoms with Crippen LogP contribution in [0.1, 0.15) is 92.4 Å². The third kappa shape index (κ3) is 8.33.